The fourth-order valence-corrected chi connectivity index (χ4v) is 3.18. The maximum absolute atomic E-state index is 5.53. The normalized spacial score (nSPS) is 18.9. The van der Waals surface area contributed by atoms with E-state index in [9.17, 15) is 0 Å². The first-order valence-electron chi connectivity index (χ1n) is 6.61. The third-order valence-electron chi connectivity index (χ3n) is 3.24. The first-order chi connectivity index (χ1) is 8.78. The Morgan fingerprint density at radius 3 is 2.94 bits per heavy atom. The van der Waals surface area contributed by atoms with Gasteiger partial charge in [0.05, 0.1) is 6.04 Å². The van der Waals surface area contributed by atoms with Crippen molar-refractivity contribution in [2.45, 2.75) is 51.1 Å². The van der Waals surface area contributed by atoms with Crippen LogP contribution >= 0.6 is 11.3 Å². The Labute approximate surface area is 113 Å². The van der Waals surface area contributed by atoms with E-state index in [2.05, 4.69) is 40.2 Å². The molecule has 0 amide bonds. The molecule has 4 nitrogen and oxygen atoms in total. The lowest BCUT2D eigenvalue weighted by atomic mass is 10.2. The van der Waals surface area contributed by atoms with Crippen LogP contribution in [0.5, 0.6) is 0 Å². The molecule has 1 saturated carbocycles. The van der Waals surface area contributed by atoms with Crippen LogP contribution in [0.4, 0.5) is 0 Å². The van der Waals surface area contributed by atoms with Crippen molar-refractivity contribution in [2.75, 3.05) is 0 Å². The summed E-state index contributed by atoms with van der Waals surface area (Å²) in [4.78, 5) is 6.02. The summed E-state index contributed by atoms with van der Waals surface area (Å²) >= 11 is 1.79. The maximum Gasteiger partial charge on any atom is 0.206 e. The van der Waals surface area contributed by atoms with Crippen molar-refractivity contribution >= 4 is 17.3 Å². The van der Waals surface area contributed by atoms with Crippen molar-refractivity contribution in [2.24, 2.45) is 10.8 Å². The van der Waals surface area contributed by atoms with Gasteiger partial charge >= 0.3 is 0 Å². The molecule has 1 atom stereocenters. The van der Waals surface area contributed by atoms with Gasteiger partial charge in [-0.25, -0.2) is 10.8 Å². The van der Waals surface area contributed by atoms with E-state index in [1.165, 1.54) is 30.6 Å². The summed E-state index contributed by atoms with van der Waals surface area (Å²) in [5.74, 6) is 6.26. The van der Waals surface area contributed by atoms with Crippen molar-refractivity contribution in [3.8, 4) is 0 Å². The van der Waals surface area contributed by atoms with Gasteiger partial charge in [0, 0.05) is 17.3 Å². The molecule has 1 fully saturated rings. The van der Waals surface area contributed by atoms with Crippen LogP contribution in [0.3, 0.4) is 0 Å². The standard InChI is InChI=1S/C13H22N4S/c1-10(9-12-7-4-8-18-12)15-13(17-14)16-11-5-2-3-6-11/h4,7-8,10-11H,2-3,5-6,9,14H2,1H3,(H2,15,16,17). The Balaban J connectivity index is 1.85. The van der Waals surface area contributed by atoms with Gasteiger partial charge in [-0.15, -0.1) is 11.3 Å². The number of hydrogen-bond donors (Lipinski definition) is 3. The number of aliphatic imine (C=N–C) groups is 1. The Bertz CT molecular complexity index is 368. The SMILES string of the molecule is CC(Cc1cccs1)NC(=NC1CCCC1)NN. The molecular formula is C13H22N4S. The number of hydrogen-bond acceptors (Lipinski definition) is 3. The van der Waals surface area contributed by atoms with Gasteiger partial charge in [-0.2, -0.15) is 0 Å². The molecule has 1 heterocycles. The maximum atomic E-state index is 5.53. The second-order valence-electron chi connectivity index (χ2n) is 4.89. The Kier molecular flexibility index (Phi) is 5.01. The number of hydrazine groups is 1. The van der Waals surface area contributed by atoms with E-state index in [4.69, 9.17) is 5.84 Å². The van der Waals surface area contributed by atoms with E-state index in [-0.39, 0.29) is 0 Å². The molecule has 100 valence electrons. The summed E-state index contributed by atoms with van der Waals surface area (Å²) in [6.45, 7) is 2.15. The summed E-state index contributed by atoms with van der Waals surface area (Å²) in [7, 11) is 0. The molecule has 1 unspecified atom stereocenters. The topological polar surface area (TPSA) is 62.4 Å². The fourth-order valence-electron chi connectivity index (χ4n) is 2.35. The molecule has 4 N–H and O–H groups in total. The van der Waals surface area contributed by atoms with Crippen LogP contribution in [-0.2, 0) is 6.42 Å². The highest BCUT2D eigenvalue weighted by Crippen LogP contribution is 2.20. The summed E-state index contributed by atoms with van der Waals surface area (Å²) in [5, 5.41) is 5.46. The average Bonchev–Trinajstić information content (AvgIpc) is 3.01. The highest BCUT2D eigenvalue weighted by atomic mass is 32.1. The van der Waals surface area contributed by atoms with E-state index in [0.717, 1.165) is 12.4 Å². The second kappa shape index (κ2) is 6.75. The first kappa shape index (κ1) is 13.4. The number of rotatable bonds is 4. The summed E-state index contributed by atoms with van der Waals surface area (Å²) in [5.41, 5.74) is 2.68. The van der Waals surface area contributed by atoms with Crippen molar-refractivity contribution in [3.63, 3.8) is 0 Å². The van der Waals surface area contributed by atoms with E-state index in [0.29, 0.717) is 12.1 Å². The molecule has 18 heavy (non-hydrogen) atoms. The number of thiophene rings is 1. The lowest BCUT2D eigenvalue weighted by molar-refractivity contribution is 0.628. The molecule has 1 aliphatic rings. The molecule has 0 bridgehead atoms. The van der Waals surface area contributed by atoms with Gasteiger partial charge in [0.25, 0.3) is 0 Å². The van der Waals surface area contributed by atoms with Gasteiger partial charge in [-0.3, -0.25) is 5.43 Å². The minimum absolute atomic E-state index is 0.333. The second-order valence-corrected chi connectivity index (χ2v) is 5.92. The Hall–Kier alpha value is -1.07. The number of nitrogens with one attached hydrogen (secondary N) is 2. The molecule has 2 rings (SSSR count). The van der Waals surface area contributed by atoms with E-state index >= 15 is 0 Å². The largest absolute Gasteiger partial charge is 0.353 e. The number of guanidine groups is 1. The fraction of sp³-hybridized carbons (Fsp3) is 0.615. The van der Waals surface area contributed by atoms with Crippen LogP contribution in [0.2, 0.25) is 0 Å². The van der Waals surface area contributed by atoms with E-state index in [1.807, 2.05) is 0 Å². The van der Waals surface area contributed by atoms with Crippen molar-refractivity contribution in [3.05, 3.63) is 22.4 Å². The Morgan fingerprint density at radius 1 is 1.56 bits per heavy atom. The smallest absolute Gasteiger partial charge is 0.206 e. The quantitative estimate of drug-likeness (QED) is 0.338. The molecule has 0 aliphatic heterocycles. The third kappa shape index (κ3) is 3.99. The number of nitrogens with two attached hydrogens (primary N) is 1. The highest BCUT2D eigenvalue weighted by molar-refractivity contribution is 7.09. The van der Waals surface area contributed by atoms with Crippen molar-refractivity contribution in [1.29, 1.82) is 0 Å². The van der Waals surface area contributed by atoms with Crippen LogP contribution in [0, 0.1) is 0 Å². The third-order valence-corrected chi connectivity index (χ3v) is 4.14. The number of nitrogens with zero attached hydrogens (tertiary/aromatic N) is 1. The first-order valence-corrected chi connectivity index (χ1v) is 7.49. The molecule has 0 spiro atoms. The molecule has 1 aromatic heterocycles. The van der Waals surface area contributed by atoms with Crippen molar-refractivity contribution < 1.29 is 0 Å². The van der Waals surface area contributed by atoms with Crippen LogP contribution in [0.25, 0.3) is 0 Å². The molecular weight excluding hydrogens is 244 g/mol. The molecule has 5 heteroatoms. The zero-order chi connectivity index (χ0) is 12.8. The Morgan fingerprint density at radius 2 is 2.33 bits per heavy atom. The minimum atomic E-state index is 0.333. The van der Waals surface area contributed by atoms with Gasteiger partial charge < -0.3 is 5.32 Å². The summed E-state index contributed by atoms with van der Waals surface area (Å²) < 4.78 is 0. The summed E-state index contributed by atoms with van der Waals surface area (Å²) in [6, 6.07) is 5.02. The zero-order valence-corrected chi connectivity index (χ0v) is 11.7. The lowest BCUT2D eigenvalue weighted by Crippen LogP contribution is -2.46. The predicted molar refractivity (Wildman–Crippen MR) is 77.6 cm³/mol. The van der Waals surface area contributed by atoms with Crippen LogP contribution in [0.1, 0.15) is 37.5 Å². The molecule has 0 saturated heterocycles. The van der Waals surface area contributed by atoms with Gasteiger partial charge in [0.15, 0.2) is 0 Å². The van der Waals surface area contributed by atoms with E-state index < -0.39 is 0 Å². The zero-order valence-electron chi connectivity index (χ0n) is 10.9. The monoisotopic (exact) mass is 266 g/mol. The average molecular weight is 266 g/mol. The van der Waals surface area contributed by atoms with Gasteiger partial charge in [-0.05, 0) is 31.2 Å². The molecule has 0 radical (unpaired) electrons. The van der Waals surface area contributed by atoms with Gasteiger partial charge in [0.2, 0.25) is 5.96 Å². The summed E-state index contributed by atoms with van der Waals surface area (Å²) in [6.07, 6.45) is 5.95. The van der Waals surface area contributed by atoms with Gasteiger partial charge in [-0.1, -0.05) is 18.9 Å². The van der Waals surface area contributed by atoms with Crippen LogP contribution in [-0.4, -0.2) is 18.0 Å². The van der Waals surface area contributed by atoms with Gasteiger partial charge in [0.1, 0.15) is 0 Å². The van der Waals surface area contributed by atoms with Crippen LogP contribution < -0.4 is 16.6 Å². The molecule has 1 aliphatic carbocycles. The lowest BCUT2D eigenvalue weighted by Gasteiger charge is -2.17. The highest BCUT2D eigenvalue weighted by Gasteiger charge is 2.15. The van der Waals surface area contributed by atoms with E-state index in [1.54, 1.807) is 11.3 Å². The van der Waals surface area contributed by atoms with Crippen molar-refractivity contribution in [1.82, 2.24) is 10.7 Å². The molecule has 1 aromatic rings. The predicted octanol–water partition coefficient (Wildman–Crippen LogP) is 2.03. The molecule has 0 aromatic carbocycles. The van der Waals surface area contributed by atoms with Crippen LogP contribution in [0.15, 0.2) is 22.5 Å². The minimum Gasteiger partial charge on any atom is -0.353 e.